The van der Waals surface area contributed by atoms with Crippen LogP contribution in [0.15, 0.2) is 52.7 Å². The third-order valence-corrected chi connectivity index (χ3v) is 4.70. The van der Waals surface area contributed by atoms with Crippen LogP contribution in [0.1, 0.15) is 10.6 Å². The lowest BCUT2D eigenvalue weighted by Crippen LogP contribution is -2.23. The SMILES string of the molecule is O=C(C=Cc1ccsc1)NCCc1nc(-c2ccccn2)cs1. The van der Waals surface area contributed by atoms with Gasteiger partial charge in [0.1, 0.15) is 0 Å². The van der Waals surface area contributed by atoms with Gasteiger partial charge in [-0.05, 0) is 40.6 Å². The van der Waals surface area contributed by atoms with Gasteiger partial charge in [-0.3, -0.25) is 9.78 Å². The van der Waals surface area contributed by atoms with Crippen LogP contribution in [0.4, 0.5) is 0 Å². The van der Waals surface area contributed by atoms with Crippen LogP contribution < -0.4 is 5.32 Å². The fourth-order valence-corrected chi connectivity index (χ4v) is 3.37. The first-order valence-corrected chi connectivity index (χ1v) is 8.97. The highest BCUT2D eigenvalue weighted by molar-refractivity contribution is 7.10. The van der Waals surface area contributed by atoms with Gasteiger partial charge in [0.05, 0.1) is 16.4 Å². The van der Waals surface area contributed by atoms with Crippen molar-refractivity contribution in [3.05, 3.63) is 63.2 Å². The van der Waals surface area contributed by atoms with Gasteiger partial charge in [0.2, 0.25) is 5.91 Å². The molecule has 0 bridgehead atoms. The van der Waals surface area contributed by atoms with Crippen LogP contribution in [0.2, 0.25) is 0 Å². The molecule has 4 nitrogen and oxygen atoms in total. The molecule has 1 amide bonds. The number of nitrogens with zero attached hydrogens (tertiary/aromatic N) is 2. The molecular weight excluding hydrogens is 326 g/mol. The van der Waals surface area contributed by atoms with Crippen LogP contribution in [0.25, 0.3) is 17.5 Å². The lowest BCUT2D eigenvalue weighted by Gasteiger charge is -1.99. The molecule has 0 saturated heterocycles. The summed E-state index contributed by atoms with van der Waals surface area (Å²) in [6, 6.07) is 7.75. The third kappa shape index (κ3) is 4.58. The largest absolute Gasteiger partial charge is 0.352 e. The Balaban J connectivity index is 1.48. The first-order valence-electron chi connectivity index (χ1n) is 7.15. The minimum Gasteiger partial charge on any atom is -0.352 e. The van der Waals surface area contributed by atoms with E-state index in [4.69, 9.17) is 0 Å². The Morgan fingerprint density at radius 1 is 1.22 bits per heavy atom. The highest BCUT2D eigenvalue weighted by atomic mass is 32.1. The zero-order valence-electron chi connectivity index (χ0n) is 12.3. The Morgan fingerprint density at radius 2 is 2.17 bits per heavy atom. The summed E-state index contributed by atoms with van der Waals surface area (Å²) >= 11 is 3.20. The number of carbonyl (C=O) groups is 1. The summed E-state index contributed by atoms with van der Waals surface area (Å²) < 4.78 is 0. The van der Waals surface area contributed by atoms with Gasteiger partial charge in [-0.1, -0.05) is 6.07 Å². The first-order chi connectivity index (χ1) is 11.3. The zero-order valence-corrected chi connectivity index (χ0v) is 13.9. The second-order valence-corrected chi connectivity index (χ2v) is 6.50. The van der Waals surface area contributed by atoms with Crippen molar-refractivity contribution in [2.24, 2.45) is 0 Å². The Hall–Kier alpha value is -2.31. The normalized spacial score (nSPS) is 11.0. The van der Waals surface area contributed by atoms with Gasteiger partial charge < -0.3 is 5.32 Å². The molecule has 0 spiro atoms. The standard InChI is InChI=1S/C17H15N3OS2/c21-16(5-4-13-7-10-22-11-13)19-9-6-17-20-15(12-23-17)14-3-1-2-8-18-14/h1-5,7-8,10-12H,6,9H2,(H,19,21). The molecule has 1 N–H and O–H groups in total. The molecule has 0 aromatic carbocycles. The fraction of sp³-hybridized carbons (Fsp3) is 0.118. The maximum absolute atomic E-state index is 11.7. The maximum Gasteiger partial charge on any atom is 0.244 e. The highest BCUT2D eigenvalue weighted by Gasteiger charge is 2.05. The van der Waals surface area contributed by atoms with Gasteiger partial charge in [0.15, 0.2) is 0 Å². The highest BCUT2D eigenvalue weighted by Crippen LogP contribution is 2.19. The smallest absolute Gasteiger partial charge is 0.244 e. The van der Waals surface area contributed by atoms with Gasteiger partial charge >= 0.3 is 0 Å². The van der Waals surface area contributed by atoms with Crippen LogP contribution in [-0.4, -0.2) is 22.4 Å². The van der Waals surface area contributed by atoms with E-state index in [1.54, 1.807) is 34.9 Å². The molecule has 0 aliphatic rings. The molecule has 0 aliphatic heterocycles. The Labute approximate surface area is 142 Å². The molecule has 3 aromatic rings. The minimum atomic E-state index is -0.0855. The van der Waals surface area contributed by atoms with Crippen molar-refractivity contribution in [1.29, 1.82) is 0 Å². The number of pyridine rings is 1. The summed E-state index contributed by atoms with van der Waals surface area (Å²) in [5.74, 6) is -0.0855. The molecule has 0 fully saturated rings. The average molecular weight is 341 g/mol. The van der Waals surface area contributed by atoms with E-state index in [2.05, 4.69) is 15.3 Å². The predicted molar refractivity (Wildman–Crippen MR) is 95.4 cm³/mol. The second kappa shape index (κ2) is 7.80. The van der Waals surface area contributed by atoms with E-state index in [1.165, 1.54) is 0 Å². The number of nitrogens with one attached hydrogen (secondary N) is 1. The van der Waals surface area contributed by atoms with E-state index in [9.17, 15) is 4.79 Å². The molecule has 0 radical (unpaired) electrons. The summed E-state index contributed by atoms with van der Waals surface area (Å²) in [4.78, 5) is 20.6. The van der Waals surface area contributed by atoms with Crippen molar-refractivity contribution < 1.29 is 4.79 Å². The van der Waals surface area contributed by atoms with Crippen LogP contribution >= 0.6 is 22.7 Å². The minimum absolute atomic E-state index is 0.0855. The number of carbonyl (C=O) groups excluding carboxylic acids is 1. The molecule has 3 aromatic heterocycles. The quantitative estimate of drug-likeness (QED) is 0.697. The Kier molecular flexibility index (Phi) is 5.29. The molecule has 0 atom stereocenters. The van der Waals surface area contributed by atoms with Crippen LogP contribution in [0.3, 0.4) is 0 Å². The fourth-order valence-electron chi connectivity index (χ4n) is 1.95. The van der Waals surface area contributed by atoms with E-state index >= 15 is 0 Å². The van der Waals surface area contributed by atoms with E-state index < -0.39 is 0 Å². The summed E-state index contributed by atoms with van der Waals surface area (Å²) in [5.41, 5.74) is 2.80. The van der Waals surface area contributed by atoms with Gasteiger partial charge in [-0.25, -0.2) is 4.98 Å². The molecule has 116 valence electrons. The van der Waals surface area contributed by atoms with Crippen molar-refractivity contribution >= 4 is 34.7 Å². The van der Waals surface area contributed by atoms with E-state index in [0.717, 1.165) is 28.4 Å². The first kappa shape index (κ1) is 15.6. The average Bonchev–Trinajstić information content (AvgIpc) is 3.26. The van der Waals surface area contributed by atoms with Crippen molar-refractivity contribution in [3.8, 4) is 11.4 Å². The third-order valence-electron chi connectivity index (χ3n) is 3.09. The number of hydrogen-bond acceptors (Lipinski definition) is 5. The topological polar surface area (TPSA) is 54.9 Å². The predicted octanol–water partition coefficient (Wildman–Crippen LogP) is 3.64. The van der Waals surface area contributed by atoms with Crippen molar-refractivity contribution in [2.75, 3.05) is 6.54 Å². The Morgan fingerprint density at radius 3 is 2.96 bits per heavy atom. The molecule has 0 unspecified atom stereocenters. The number of thiophene rings is 1. The summed E-state index contributed by atoms with van der Waals surface area (Å²) in [6.07, 6.45) is 5.85. The number of hydrogen-bond donors (Lipinski definition) is 1. The van der Waals surface area contributed by atoms with Crippen molar-refractivity contribution in [3.63, 3.8) is 0 Å². The second-order valence-electron chi connectivity index (χ2n) is 4.77. The van der Waals surface area contributed by atoms with Gasteiger partial charge in [0, 0.05) is 30.6 Å². The molecule has 0 aliphatic carbocycles. The van der Waals surface area contributed by atoms with E-state index in [-0.39, 0.29) is 5.91 Å². The van der Waals surface area contributed by atoms with Crippen LogP contribution in [-0.2, 0) is 11.2 Å². The number of aromatic nitrogens is 2. The summed E-state index contributed by atoms with van der Waals surface area (Å²) in [5, 5.41) is 9.84. The number of amides is 1. The molecule has 3 rings (SSSR count). The molecular formula is C17H15N3OS2. The molecule has 3 heterocycles. The van der Waals surface area contributed by atoms with Crippen molar-refractivity contribution in [2.45, 2.75) is 6.42 Å². The molecule has 6 heteroatoms. The van der Waals surface area contributed by atoms with E-state index in [0.29, 0.717) is 6.54 Å². The van der Waals surface area contributed by atoms with Gasteiger partial charge in [-0.2, -0.15) is 11.3 Å². The van der Waals surface area contributed by atoms with E-state index in [1.807, 2.05) is 46.5 Å². The summed E-state index contributed by atoms with van der Waals surface area (Å²) in [7, 11) is 0. The number of rotatable bonds is 6. The number of thiazole rings is 1. The Bertz CT molecular complexity index is 779. The summed E-state index contributed by atoms with van der Waals surface area (Å²) in [6.45, 7) is 0.571. The van der Waals surface area contributed by atoms with Crippen LogP contribution in [0, 0.1) is 0 Å². The molecule has 23 heavy (non-hydrogen) atoms. The maximum atomic E-state index is 11.7. The molecule has 0 saturated carbocycles. The lowest BCUT2D eigenvalue weighted by atomic mass is 10.3. The lowest BCUT2D eigenvalue weighted by molar-refractivity contribution is -0.116. The van der Waals surface area contributed by atoms with Gasteiger partial charge in [0.25, 0.3) is 0 Å². The van der Waals surface area contributed by atoms with Gasteiger partial charge in [-0.15, -0.1) is 11.3 Å². The van der Waals surface area contributed by atoms with Crippen molar-refractivity contribution in [1.82, 2.24) is 15.3 Å². The monoisotopic (exact) mass is 341 g/mol. The van der Waals surface area contributed by atoms with Crippen LogP contribution in [0.5, 0.6) is 0 Å². The zero-order chi connectivity index (χ0) is 15.9.